The summed E-state index contributed by atoms with van der Waals surface area (Å²) in [6.07, 6.45) is -3.30. The fraction of sp³-hybridized carbons (Fsp3) is 0.500. The van der Waals surface area contributed by atoms with Crippen molar-refractivity contribution in [3.8, 4) is 0 Å². The average molecular weight is 391 g/mol. The fourth-order valence-corrected chi connectivity index (χ4v) is 2.14. The zero-order chi connectivity index (χ0) is 20.6. The van der Waals surface area contributed by atoms with E-state index in [1.807, 2.05) is 13.8 Å². The number of amides is 1. The van der Waals surface area contributed by atoms with Gasteiger partial charge in [0.2, 0.25) is 0 Å². The molecule has 0 aliphatic carbocycles. The van der Waals surface area contributed by atoms with E-state index < -0.39 is 47.4 Å². The van der Waals surface area contributed by atoms with Crippen molar-refractivity contribution in [3.05, 3.63) is 33.9 Å². The molecule has 0 saturated heterocycles. The summed E-state index contributed by atoms with van der Waals surface area (Å²) in [5, 5.41) is 16.0. The smallest absolute Gasteiger partial charge is 0.416 e. The number of carbonyl (C=O) groups is 2. The number of nitro groups is 1. The highest BCUT2D eigenvalue weighted by Gasteiger charge is 2.33. The van der Waals surface area contributed by atoms with Gasteiger partial charge in [-0.1, -0.05) is 13.8 Å². The van der Waals surface area contributed by atoms with Gasteiger partial charge in [0.15, 0.2) is 6.61 Å². The average Bonchev–Trinajstić information content (AvgIpc) is 2.61. The highest BCUT2D eigenvalue weighted by molar-refractivity contribution is 5.82. The van der Waals surface area contributed by atoms with Crippen molar-refractivity contribution in [1.82, 2.24) is 5.32 Å². The number of halogens is 3. The van der Waals surface area contributed by atoms with Crippen LogP contribution < -0.4 is 10.6 Å². The summed E-state index contributed by atoms with van der Waals surface area (Å²) in [4.78, 5) is 33.2. The fourth-order valence-electron chi connectivity index (χ4n) is 2.14. The molecule has 1 aromatic rings. The number of anilines is 1. The van der Waals surface area contributed by atoms with E-state index in [-0.39, 0.29) is 11.7 Å². The van der Waals surface area contributed by atoms with Crippen LogP contribution in [0.3, 0.4) is 0 Å². The van der Waals surface area contributed by atoms with E-state index >= 15 is 0 Å². The van der Waals surface area contributed by atoms with Gasteiger partial charge in [-0.2, -0.15) is 13.2 Å². The Kier molecular flexibility index (Phi) is 8.00. The second-order valence-electron chi connectivity index (χ2n) is 5.58. The van der Waals surface area contributed by atoms with Gasteiger partial charge in [0.05, 0.1) is 10.5 Å². The van der Waals surface area contributed by atoms with Crippen LogP contribution in [-0.2, 0) is 20.5 Å². The number of nitrogens with zero attached hydrogens (tertiary/aromatic N) is 1. The summed E-state index contributed by atoms with van der Waals surface area (Å²) >= 11 is 0. The maximum absolute atomic E-state index is 12.6. The molecule has 0 saturated carbocycles. The molecular weight excluding hydrogens is 371 g/mol. The van der Waals surface area contributed by atoms with Crippen molar-refractivity contribution in [2.45, 2.75) is 38.9 Å². The van der Waals surface area contributed by atoms with E-state index in [2.05, 4.69) is 10.6 Å². The summed E-state index contributed by atoms with van der Waals surface area (Å²) in [5.41, 5.74) is -2.28. The van der Waals surface area contributed by atoms with Crippen LogP contribution in [0.1, 0.15) is 32.3 Å². The predicted octanol–water partition coefficient (Wildman–Crippen LogP) is 2.87. The van der Waals surface area contributed by atoms with E-state index in [4.69, 9.17) is 4.74 Å². The number of carbonyl (C=O) groups excluding carboxylic acids is 2. The van der Waals surface area contributed by atoms with Crippen molar-refractivity contribution in [2.24, 2.45) is 0 Å². The molecule has 0 heterocycles. The number of hydrogen-bond acceptors (Lipinski definition) is 6. The molecule has 1 aromatic carbocycles. The van der Waals surface area contributed by atoms with E-state index in [1.54, 1.807) is 0 Å². The lowest BCUT2D eigenvalue weighted by molar-refractivity contribution is -0.384. The van der Waals surface area contributed by atoms with Crippen LogP contribution >= 0.6 is 0 Å². The summed E-state index contributed by atoms with van der Waals surface area (Å²) in [7, 11) is 0. The Balaban J connectivity index is 2.63. The van der Waals surface area contributed by atoms with Crippen LogP contribution in [0, 0.1) is 10.1 Å². The molecule has 1 rings (SSSR count). The van der Waals surface area contributed by atoms with Gasteiger partial charge in [0.25, 0.3) is 11.6 Å². The van der Waals surface area contributed by atoms with Crippen LogP contribution in [0.4, 0.5) is 24.5 Å². The number of alkyl halides is 3. The number of hydrogen-bond donors (Lipinski definition) is 2. The summed E-state index contributed by atoms with van der Waals surface area (Å²) in [6.45, 7) is 2.71. The van der Waals surface area contributed by atoms with Crippen molar-refractivity contribution < 1.29 is 32.4 Å². The van der Waals surface area contributed by atoms with Gasteiger partial charge < -0.3 is 15.4 Å². The maximum atomic E-state index is 12.6. The molecule has 8 nitrogen and oxygen atoms in total. The van der Waals surface area contributed by atoms with Gasteiger partial charge in [0, 0.05) is 12.1 Å². The van der Waals surface area contributed by atoms with E-state index in [0.29, 0.717) is 12.1 Å². The Bertz CT molecular complexity index is 690. The van der Waals surface area contributed by atoms with Crippen LogP contribution in [0.25, 0.3) is 0 Å². The van der Waals surface area contributed by atoms with Gasteiger partial charge >= 0.3 is 12.1 Å². The zero-order valence-electron chi connectivity index (χ0n) is 14.8. The van der Waals surface area contributed by atoms with Gasteiger partial charge in [-0.3, -0.25) is 19.7 Å². The lowest BCUT2D eigenvalue weighted by Gasteiger charge is -2.14. The molecule has 0 aliphatic heterocycles. The minimum Gasteiger partial charge on any atom is -0.454 e. The standard InChI is InChI=1S/C16H20F3N3O5/c1-3-11(4-2)21-14(23)9-27-15(24)8-20-12-6-5-10(16(17,18)19)7-13(12)22(25)26/h5-7,11,20H,3-4,8-9H2,1-2H3,(H,21,23). The number of nitrogens with one attached hydrogen (secondary N) is 2. The summed E-state index contributed by atoms with van der Waals surface area (Å²) in [5.74, 6) is -1.37. The maximum Gasteiger partial charge on any atom is 0.416 e. The Labute approximate surface area is 153 Å². The first-order valence-corrected chi connectivity index (χ1v) is 8.12. The molecule has 11 heteroatoms. The second kappa shape index (κ2) is 9.74. The topological polar surface area (TPSA) is 111 Å². The highest BCUT2D eigenvalue weighted by Crippen LogP contribution is 2.34. The number of nitro benzene ring substituents is 1. The molecule has 0 atom stereocenters. The van der Waals surface area contributed by atoms with E-state index in [1.165, 1.54) is 0 Å². The minimum atomic E-state index is -4.73. The molecule has 0 radical (unpaired) electrons. The normalized spacial score (nSPS) is 11.2. The van der Waals surface area contributed by atoms with Gasteiger partial charge in [-0.15, -0.1) is 0 Å². The van der Waals surface area contributed by atoms with E-state index in [0.717, 1.165) is 18.9 Å². The predicted molar refractivity (Wildman–Crippen MR) is 90.1 cm³/mol. The molecule has 0 spiro atoms. The minimum absolute atomic E-state index is 0.0378. The van der Waals surface area contributed by atoms with Crippen LogP contribution in [-0.4, -0.2) is 36.0 Å². The van der Waals surface area contributed by atoms with Crippen LogP contribution in [0.15, 0.2) is 18.2 Å². The first-order chi connectivity index (χ1) is 12.6. The molecule has 0 fully saturated rings. The molecule has 27 heavy (non-hydrogen) atoms. The van der Waals surface area contributed by atoms with E-state index in [9.17, 15) is 32.9 Å². The third-order valence-electron chi connectivity index (χ3n) is 3.66. The Morgan fingerprint density at radius 1 is 1.26 bits per heavy atom. The van der Waals surface area contributed by atoms with Crippen LogP contribution in [0.2, 0.25) is 0 Å². The molecule has 0 bridgehead atoms. The van der Waals surface area contributed by atoms with Crippen molar-refractivity contribution in [1.29, 1.82) is 0 Å². The van der Waals surface area contributed by atoms with Gasteiger partial charge in [-0.25, -0.2) is 0 Å². The largest absolute Gasteiger partial charge is 0.454 e. The number of esters is 1. The molecule has 2 N–H and O–H groups in total. The lowest BCUT2D eigenvalue weighted by Crippen LogP contribution is -2.37. The molecule has 0 aliphatic rings. The zero-order valence-corrected chi connectivity index (χ0v) is 14.8. The number of benzene rings is 1. The number of ether oxygens (including phenoxy) is 1. The third kappa shape index (κ3) is 7.12. The monoisotopic (exact) mass is 391 g/mol. The number of rotatable bonds is 9. The van der Waals surface area contributed by atoms with Gasteiger partial charge in [0.1, 0.15) is 12.2 Å². The second-order valence-corrected chi connectivity index (χ2v) is 5.58. The van der Waals surface area contributed by atoms with Gasteiger partial charge in [-0.05, 0) is 25.0 Å². The molecule has 0 aromatic heterocycles. The molecule has 150 valence electrons. The quantitative estimate of drug-likeness (QED) is 0.380. The first kappa shape index (κ1) is 22.2. The Morgan fingerprint density at radius 2 is 1.89 bits per heavy atom. The third-order valence-corrected chi connectivity index (χ3v) is 3.66. The Hall–Kier alpha value is -2.85. The molecule has 1 amide bonds. The summed E-state index contributed by atoms with van der Waals surface area (Å²) < 4.78 is 42.6. The highest BCUT2D eigenvalue weighted by atomic mass is 19.4. The van der Waals surface area contributed by atoms with Crippen LogP contribution in [0.5, 0.6) is 0 Å². The lowest BCUT2D eigenvalue weighted by atomic mass is 10.1. The molecule has 0 unspecified atom stereocenters. The Morgan fingerprint density at radius 3 is 2.41 bits per heavy atom. The van der Waals surface area contributed by atoms with Crippen molar-refractivity contribution in [3.63, 3.8) is 0 Å². The first-order valence-electron chi connectivity index (χ1n) is 8.12. The van der Waals surface area contributed by atoms with Crippen molar-refractivity contribution >= 4 is 23.3 Å². The SMILES string of the molecule is CCC(CC)NC(=O)COC(=O)CNc1ccc(C(F)(F)F)cc1[N+](=O)[O-]. The van der Waals surface area contributed by atoms with Crippen molar-refractivity contribution in [2.75, 3.05) is 18.5 Å². The molecular formula is C16H20F3N3O5. The summed E-state index contributed by atoms with van der Waals surface area (Å²) in [6, 6.07) is 1.85.